The minimum atomic E-state index is -0.168. The van der Waals surface area contributed by atoms with Gasteiger partial charge in [0.25, 0.3) is 0 Å². The molecule has 4 nitrogen and oxygen atoms in total. The molecule has 0 atom stereocenters. The van der Waals surface area contributed by atoms with Gasteiger partial charge in [0.1, 0.15) is 11.5 Å². The molecule has 1 heterocycles. The van der Waals surface area contributed by atoms with Crippen molar-refractivity contribution in [3.63, 3.8) is 0 Å². The molecular weight excluding hydrogens is 432 g/mol. The van der Waals surface area contributed by atoms with Crippen LogP contribution in [0.15, 0.2) is 77.0 Å². The molecule has 0 spiro atoms. The first-order valence-electron chi connectivity index (χ1n) is 9.06. The normalized spacial score (nSPS) is 13.9. The van der Waals surface area contributed by atoms with E-state index in [0.717, 1.165) is 15.6 Å². The van der Waals surface area contributed by atoms with E-state index in [2.05, 4.69) is 15.9 Å². The highest BCUT2D eigenvalue weighted by Crippen LogP contribution is 2.35. The summed E-state index contributed by atoms with van der Waals surface area (Å²) in [5, 5.41) is 0. The first-order chi connectivity index (χ1) is 14.0. The van der Waals surface area contributed by atoms with E-state index in [1.165, 1.54) is 0 Å². The molecule has 0 bridgehead atoms. The Labute approximate surface area is 176 Å². The number of fused-ring (bicyclic) bond motifs is 1. The zero-order chi connectivity index (χ0) is 20.4. The van der Waals surface area contributed by atoms with Crippen LogP contribution in [0.25, 0.3) is 6.08 Å². The maximum absolute atomic E-state index is 12.6. The summed E-state index contributed by atoms with van der Waals surface area (Å²) in [4.78, 5) is 24.8. The molecule has 29 heavy (non-hydrogen) atoms. The zero-order valence-corrected chi connectivity index (χ0v) is 17.2. The van der Waals surface area contributed by atoms with Gasteiger partial charge in [-0.2, -0.15) is 0 Å². The van der Waals surface area contributed by atoms with Crippen LogP contribution < -0.4 is 9.47 Å². The van der Waals surface area contributed by atoms with Crippen molar-refractivity contribution in [1.82, 2.24) is 0 Å². The first-order valence-corrected chi connectivity index (χ1v) is 9.85. The summed E-state index contributed by atoms with van der Waals surface area (Å²) in [5.74, 6) is 0.875. The Hall–Kier alpha value is -3.18. The third-order valence-corrected chi connectivity index (χ3v) is 5.08. The minimum absolute atomic E-state index is 0.0968. The fraction of sp³-hybridized carbons (Fsp3) is 0.0833. The van der Waals surface area contributed by atoms with Gasteiger partial charge in [0, 0.05) is 16.1 Å². The fourth-order valence-electron chi connectivity index (χ4n) is 2.94. The molecule has 0 saturated carbocycles. The lowest BCUT2D eigenvalue weighted by Gasteiger charge is -2.07. The zero-order valence-electron chi connectivity index (χ0n) is 15.6. The van der Waals surface area contributed by atoms with E-state index in [4.69, 9.17) is 9.47 Å². The molecule has 1 aliphatic heterocycles. The summed E-state index contributed by atoms with van der Waals surface area (Å²) in [5.41, 5.74) is 3.09. The Morgan fingerprint density at radius 1 is 1.03 bits per heavy atom. The van der Waals surface area contributed by atoms with Gasteiger partial charge in [-0.15, -0.1) is 0 Å². The number of hydrogen-bond donors (Lipinski definition) is 0. The number of ketones is 2. The number of halogens is 1. The summed E-state index contributed by atoms with van der Waals surface area (Å²) in [6.07, 6.45) is 1.72. The number of ether oxygens (including phenoxy) is 2. The Morgan fingerprint density at radius 2 is 1.76 bits per heavy atom. The molecule has 0 N–H and O–H groups in total. The molecule has 0 aliphatic carbocycles. The Kier molecular flexibility index (Phi) is 5.32. The van der Waals surface area contributed by atoms with E-state index in [9.17, 15) is 9.59 Å². The van der Waals surface area contributed by atoms with Crippen LogP contribution in [0.5, 0.6) is 11.5 Å². The van der Waals surface area contributed by atoms with Crippen molar-refractivity contribution in [2.24, 2.45) is 0 Å². The van der Waals surface area contributed by atoms with Crippen LogP contribution in [0, 0.1) is 6.92 Å². The highest BCUT2D eigenvalue weighted by atomic mass is 79.9. The molecule has 3 aromatic carbocycles. The molecule has 144 valence electrons. The molecule has 4 rings (SSSR count). The predicted molar refractivity (Wildman–Crippen MR) is 115 cm³/mol. The van der Waals surface area contributed by atoms with Crippen molar-refractivity contribution in [2.45, 2.75) is 6.92 Å². The molecule has 0 aromatic heterocycles. The number of aryl methyl sites for hydroxylation is 1. The molecule has 5 heteroatoms. The monoisotopic (exact) mass is 448 g/mol. The van der Waals surface area contributed by atoms with Gasteiger partial charge < -0.3 is 9.47 Å². The molecule has 0 saturated heterocycles. The van der Waals surface area contributed by atoms with Gasteiger partial charge >= 0.3 is 0 Å². The van der Waals surface area contributed by atoms with Gasteiger partial charge in [-0.1, -0.05) is 57.9 Å². The van der Waals surface area contributed by atoms with Crippen LogP contribution in [0.1, 0.15) is 31.8 Å². The Morgan fingerprint density at radius 3 is 2.48 bits per heavy atom. The van der Waals surface area contributed by atoms with E-state index in [0.29, 0.717) is 22.6 Å². The van der Waals surface area contributed by atoms with Crippen molar-refractivity contribution in [3.05, 3.63) is 99.2 Å². The average Bonchev–Trinajstić information content (AvgIpc) is 3.03. The van der Waals surface area contributed by atoms with Gasteiger partial charge in [0.05, 0.1) is 5.56 Å². The summed E-state index contributed by atoms with van der Waals surface area (Å²) >= 11 is 3.34. The van der Waals surface area contributed by atoms with Crippen molar-refractivity contribution < 1.29 is 19.1 Å². The topological polar surface area (TPSA) is 52.6 Å². The lowest BCUT2D eigenvalue weighted by molar-refractivity contribution is 0.0921. The van der Waals surface area contributed by atoms with Crippen LogP contribution in [-0.4, -0.2) is 18.2 Å². The highest BCUT2D eigenvalue weighted by molar-refractivity contribution is 9.10. The summed E-state index contributed by atoms with van der Waals surface area (Å²) in [6, 6.07) is 19.9. The van der Waals surface area contributed by atoms with Crippen molar-refractivity contribution in [1.29, 1.82) is 0 Å². The minimum Gasteiger partial charge on any atom is -0.485 e. The van der Waals surface area contributed by atoms with Crippen LogP contribution >= 0.6 is 15.9 Å². The van der Waals surface area contributed by atoms with Gasteiger partial charge in [-0.3, -0.25) is 9.59 Å². The van der Waals surface area contributed by atoms with Crippen molar-refractivity contribution in [2.75, 3.05) is 6.61 Å². The Bertz CT molecular complexity index is 1110. The molecule has 0 radical (unpaired) electrons. The largest absolute Gasteiger partial charge is 0.485 e. The molecule has 0 fully saturated rings. The number of allylic oxidation sites excluding steroid dienone is 1. The molecule has 1 aliphatic rings. The van der Waals surface area contributed by atoms with Crippen LogP contribution in [-0.2, 0) is 0 Å². The van der Waals surface area contributed by atoms with Gasteiger partial charge in [0.2, 0.25) is 5.78 Å². The quantitative estimate of drug-likeness (QED) is 0.374. The second-order valence-electron chi connectivity index (χ2n) is 6.73. The number of hydrogen-bond acceptors (Lipinski definition) is 4. The van der Waals surface area contributed by atoms with Crippen LogP contribution in [0.4, 0.5) is 0 Å². The maximum Gasteiger partial charge on any atom is 0.231 e. The molecular formula is C24H17BrO4. The lowest BCUT2D eigenvalue weighted by atomic mass is 10.1. The number of rotatable bonds is 5. The van der Waals surface area contributed by atoms with Crippen LogP contribution in [0.2, 0.25) is 0 Å². The predicted octanol–water partition coefficient (Wildman–Crippen LogP) is 5.64. The molecule has 0 amide bonds. The average molecular weight is 449 g/mol. The molecule has 0 unspecified atom stereocenters. The van der Waals surface area contributed by atoms with E-state index in [1.54, 1.807) is 36.4 Å². The van der Waals surface area contributed by atoms with E-state index >= 15 is 0 Å². The SMILES string of the molecule is Cc1ccc(/C=C2\Oc3cc(OCC(=O)c4ccc(Br)cc4)ccc3C2=O)cc1. The smallest absolute Gasteiger partial charge is 0.231 e. The number of carbonyl (C=O) groups excluding carboxylic acids is 2. The van der Waals surface area contributed by atoms with Crippen molar-refractivity contribution >= 4 is 33.6 Å². The van der Waals surface area contributed by atoms with Gasteiger partial charge in [0.15, 0.2) is 18.1 Å². The van der Waals surface area contributed by atoms with E-state index in [1.807, 2.05) is 43.3 Å². The molecule has 3 aromatic rings. The first kappa shape index (κ1) is 19.2. The van der Waals surface area contributed by atoms with Gasteiger partial charge in [-0.25, -0.2) is 0 Å². The summed E-state index contributed by atoms with van der Waals surface area (Å²) in [7, 11) is 0. The van der Waals surface area contributed by atoms with Crippen molar-refractivity contribution in [3.8, 4) is 11.5 Å². The fourth-order valence-corrected chi connectivity index (χ4v) is 3.20. The van der Waals surface area contributed by atoms with E-state index in [-0.39, 0.29) is 23.9 Å². The third-order valence-electron chi connectivity index (χ3n) is 4.55. The second kappa shape index (κ2) is 8.05. The standard InChI is InChI=1S/C24H17BrO4/c1-15-2-4-16(5-3-15)12-23-24(27)20-11-10-19(13-22(20)29-23)28-14-21(26)17-6-8-18(25)9-7-17/h2-13H,14H2,1H3/b23-12-. The third kappa shape index (κ3) is 4.30. The lowest BCUT2D eigenvalue weighted by Crippen LogP contribution is -2.11. The maximum atomic E-state index is 12.6. The number of Topliss-reactive ketones (excluding diaryl/α,β-unsaturated/α-hetero) is 2. The Balaban J connectivity index is 1.46. The van der Waals surface area contributed by atoms with E-state index < -0.39 is 0 Å². The van der Waals surface area contributed by atoms with Gasteiger partial charge in [-0.05, 0) is 42.8 Å². The highest BCUT2D eigenvalue weighted by Gasteiger charge is 2.27. The number of benzene rings is 3. The summed E-state index contributed by atoms with van der Waals surface area (Å²) in [6.45, 7) is 1.91. The number of carbonyl (C=O) groups is 2. The van der Waals surface area contributed by atoms with Crippen LogP contribution in [0.3, 0.4) is 0 Å². The summed E-state index contributed by atoms with van der Waals surface area (Å²) < 4.78 is 12.3. The second-order valence-corrected chi connectivity index (χ2v) is 7.64.